The molecule has 0 bridgehead atoms. The van der Waals surface area contributed by atoms with E-state index in [0.717, 1.165) is 16.2 Å². The van der Waals surface area contributed by atoms with Gasteiger partial charge in [-0.05, 0) is 36.8 Å². The predicted octanol–water partition coefficient (Wildman–Crippen LogP) is 4.46. The van der Waals surface area contributed by atoms with Crippen LogP contribution in [0.2, 0.25) is 0 Å². The van der Waals surface area contributed by atoms with Crippen LogP contribution in [0.4, 0.5) is 5.69 Å². The Morgan fingerprint density at radius 3 is 2.20 bits per heavy atom. The minimum atomic E-state index is -0.384. The molecule has 0 heterocycles. The molecule has 104 valence electrons. The van der Waals surface area contributed by atoms with Crippen LogP contribution in [0.3, 0.4) is 0 Å². The zero-order valence-corrected chi connectivity index (χ0v) is 12.1. The van der Waals surface area contributed by atoms with Crippen molar-refractivity contribution in [2.45, 2.75) is 17.1 Å². The fourth-order valence-corrected chi connectivity index (χ4v) is 2.79. The maximum Gasteiger partial charge on any atom is 0.269 e. The van der Waals surface area contributed by atoms with Crippen LogP contribution in [-0.4, -0.2) is 12.0 Å². The van der Waals surface area contributed by atoms with Crippen molar-refractivity contribution in [3.63, 3.8) is 0 Å². The maximum absolute atomic E-state index is 10.6. The summed E-state index contributed by atoms with van der Waals surface area (Å²) < 4.78 is 5.12. The third-order valence-electron chi connectivity index (χ3n) is 2.95. The Balaban J connectivity index is 2.06. The third kappa shape index (κ3) is 3.51. The van der Waals surface area contributed by atoms with E-state index in [2.05, 4.69) is 6.92 Å². The molecule has 2 aromatic rings. The van der Waals surface area contributed by atoms with Gasteiger partial charge in [-0.15, -0.1) is 11.8 Å². The molecular formula is C15H15NO3S. The van der Waals surface area contributed by atoms with E-state index in [0.29, 0.717) is 0 Å². The Morgan fingerprint density at radius 2 is 1.70 bits per heavy atom. The molecule has 0 spiro atoms. The maximum atomic E-state index is 10.6. The van der Waals surface area contributed by atoms with Crippen molar-refractivity contribution in [2.75, 3.05) is 7.11 Å². The van der Waals surface area contributed by atoms with E-state index in [9.17, 15) is 10.1 Å². The number of nitro benzene ring substituents is 1. The van der Waals surface area contributed by atoms with Gasteiger partial charge in [-0.25, -0.2) is 0 Å². The summed E-state index contributed by atoms with van der Waals surface area (Å²) in [4.78, 5) is 11.4. The van der Waals surface area contributed by atoms with Gasteiger partial charge in [0.1, 0.15) is 5.75 Å². The molecule has 0 aliphatic carbocycles. The third-order valence-corrected chi connectivity index (χ3v) is 4.12. The van der Waals surface area contributed by atoms with E-state index >= 15 is 0 Å². The minimum absolute atomic E-state index is 0.121. The van der Waals surface area contributed by atoms with E-state index < -0.39 is 0 Å². The lowest BCUT2D eigenvalue weighted by atomic mass is 10.1. The second-order valence-corrected chi connectivity index (χ2v) is 5.70. The summed E-state index contributed by atoms with van der Waals surface area (Å²) >= 11 is 1.70. The summed E-state index contributed by atoms with van der Waals surface area (Å²) in [5.74, 6) is 0.831. The highest BCUT2D eigenvalue weighted by Crippen LogP contribution is 2.35. The first-order valence-corrected chi connectivity index (χ1v) is 7.03. The Hall–Kier alpha value is -2.01. The normalized spacial score (nSPS) is 11.9. The Kier molecular flexibility index (Phi) is 4.63. The smallest absolute Gasteiger partial charge is 0.269 e. The minimum Gasteiger partial charge on any atom is -0.497 e. The number of benzene rings is 2. The second kappa shape index (κ2) is 6.43. The van der Waals surface area contributed by atoms with E-state index in [1.807, 2.05) is 24.3 Å². The Bertz CT molecular complexity index is 581. The largest absolute Gasteiger partial charge is 0.497 e. The molecule has 0 aliphatic rings. The molecule has 0 N–H and O–H groups in total. The van der Waals surface area contributed by atoms with Crippen molar-refractivity contribution in [3.05, 3.63) is 64.2 Å². The van der Waals surface area contributed by atoms with Gasteiger partial charge < -0.3 is 4.74 Å². The zero-order chi connectivity index (χ0) is 14.5. The van der Waals surface area contributed by atoms with Crippen LogP contribution >= 0.6 is 11.8 Å². The van der Waals surface area contributed by atoms with Gasteiger partial charge in [0.05, 0.1) is 12.0 Å². The highest BCUT2D eigenvalue weighted by molar-refractivity contribution is 7.99. The number of hydrogen-bond donors (Lipinski definition) is 0. The number of nitro groups is 1. The van der Waals surface area contributed by atoms with Crippen molar-refractivity contribution in [1.82, 2.24) is 0 Å². The van der Waals surface area contributed by atoms with Crippen LogP contribution in [0.5, 0.6) is 5.75 Å². The van der Waals surface area contributed by atoms with E-state index in [1.165, 1.54) is 0 Å². The molecule has 0 saturated carbocycles. The molecule has 2 aromatic carbocycles. The number of non-ortho nitro benzene ring substituents is 1. The highest BCUT2D eigenvalue weighted by Gasteiger charge is 2.10. The number of hydrogen-bond acceptors (Lipinski definition) is 4. The van der Waals surface area contributed by atoms with Crippen LogP contribution in [0, 0.1) is 10.1 Å². The first-order valence-electron chi connectivity index (χ1n) is 6.15. The second-order valence-electron chi connectivity index (χ2n) is 4.28. The summed E-state index contributed by atoms with van der Waals surface area (Å²) in [6.07, 6.45) is 0. The highest BCUT2D eigenvalue weighted by atomic mass is 32.2. The van der Waals surface area contributed by atoms with Gasteiger partial charge in [0.25, 0.3) is 5.69 Å². The van der Waals surface area contributed by atoms with Crippen LogP contribution < -0.4 is 4.74 Å². The molecule has 0 fully saturated rings. The number of ether oxygens (including phenoxy) is 1. The van der Waals surface area contributed by atoms with E-state index in [-0.39, 0.29) is 15.9 Å². The molecule has 0 amide bonds. The molecular weight excluding hydrogens is 274 g/mol. The summed E-state index contributed by atoms with van der Waals surface area (Å²) in [6, 6.07) is 14.5. The average Bonchev–Trinajstić information content (AvgIpc) is 2.48. The molecule has 0 radical (unpaired) electrons. The average molecular weight is 289 g/mol. The molecule has 4 nitrogen and oxygen atoms in total. The lowest BCUT2D eigenvalue weighted by Gasteiger charge is -2.11. The number of thioether (sulfide) groups is 1. The summed E-state index contributed by atoms with van der Waals surface area (Å²) in [7, 11) is 1.64. The fraction of sp³-hybridized carbons (Fsp3) is 0.200. The van der Waals surface area contributed by atoms with Gasteiger partial charge in [-0.1, -0.05) is 12.1 Å². The van der Waals surface area contributed by atoms with Crippen molar-refractivity contribution < 1.29 is 9.66 Å². The van der Waals surface area contributed by atoms with Crippen LogP contribution in [0.1, 0.15) is 17.7 Å². The topological polar surface area (TPSA) is 52.4 Å². The summed E-state index contributed by atoms with van der Waals surface area (Å²) in [5.41, 5.74) is 1.19. The molecule has 1 unspecified atom stereocenters. The van der Waals surface area contributed by atoms with E-state index in [4.69, 9.17) is 4.74 Å². The molecule has 0 aromatic heterocycles. The van der Waals surface area contributed by atoms with E-state index in [1.54, 1.807) is 43.1 Å². The molecule has 20 heavy (non-hydrogen) atoms. The summed E-state index contributed by atoms with van der Waals surface area (Å²) in [5, 5.41) is 10.8. The first-order chi connectivity index (χ1) is 9.60. The van der Waals surface area contributed by atoms with Gasteiger partial charge in [-0.2, -0.15) is 0 Å². The van der Waals surface area contributed by atoms with Crippen LogP contribution in [-0.2, 0) is 0 Å². The van der Waals surface area contributed by atoms with Crippen molar-refractivity contribution in [1.29, 1.82) is 0 Å². The van der Waals surface area contributed by atoms with Crippen LogP contribution in [0.15, 0.2) is 53.4 Å². The lowest BCUT2D eigenvalue weighted by Crippen LogP contribution is -1.91. The number of rotatable bonds is 5. The lowest BCUT2D eigenvalue weighted by molar-refractivity contribution is -0.384. The van der Waals surface area contributed by atoms with Crippen molar-refractivity contribution in [2.24, 2.45) is 0 Å². The molecule has 2 rings (SSSR count). The standard InChI is InChI=1S/C15H15NO3S/c1-11(12-3-5-13(6-4-12)16(17)18)20-15-9-7-14(19-2)8-10-15/h3-11H,1-2H3. The van der Waals surface area contributed by atoms with Crippen molar-refractivity contribution >= 4 is 17.4 Å². The Morgan fingerprint density at radius 1 is 1.10 bits per heavy atom. The molecule has 1 atom stereocenters. The van der Waals surface area contributed by atoms with Gasteiger partial charge >= 0.3 is 0 Å². The van der Waals surface area contributed by atoms with Gasteiger partial charge in [0, 0.05) is 22.3 Å². The first kappa shape index (κ1) is 14.4. The van der Waals surface area contributed by atoms with Crippen LogP contribution in [0.25, 0.3) is 0 Å². The molecule has 0 saturated heterocycles. The zero-order valence-electron chi connectivity index (χ0n) is 11.3. The summed E-state index contributed by atoms with van der Waals surface area (Å²) in [6.45, 7) is 2.08. The Labute approximate surface area is 121 Å². The fourth-order valence-electron chi connectivity index (χ4n) is 1.79. The van der Waals surface area contributed by atoms with Gasteiger partial charge in [-0.3, -0.25) is 10.1 Å². The van der Waals surface area contributed by atoms with Gasteiger partial charge in [0.2, 0.25) is 0 Å². The SMILES string of the molecule is COc1ccc(SC(C)c2ccc([N+](=O)[O-])cc2)cc1. The van der Waals surface area contributed by atoms with Gasteiger partial charge in [0.15, 0.2) is 0 Å². The van der Waals surface area contributed by atoms with Crippen molar-refractivity contribution in [3.8, 4) is 5.75 Å². The monoisotopic (exact) mass is 289 g/mol. The number of methoxy groups -OCH3 is 1. The molecule has 0 aliphatic heterocycles. The quantitative estimate of drug-likeness (QED) is 0.463. The number of nitrogens with zero attached hydrogens (tertiary/aromatic N) is 1. The predicted molar refractivity (Wildman–Crippen MR) is 80.4 cm³/mol. The molecule has 5 heteroatoms.